The maximum absolute atomic E-state index is 12.8. The predicted molar refractivity (Wildman–Crippen MR) is 60.3 cm³/mol. The zero-order chi connectivity index (χ0) is 11.5. The topological polar surface area (TPSA) is 51.8 Å². The number of benzene rings is 1. The highest BCUT2D eigenvalue weighted by atomic mass is 35.5. The van der Waals surface area contributed by atoms with Gasteiger partial charge in [-0.25, -0.2) is 14.4 Å². The molecule has 0 aliphatic heterocycles. The van der Waals surface area contributed by atoms with E-state index in [2.05, 4.69) is 9.97 Å². The molecule has 0 bridgehead atoms. The molecule has 0 atom stereocenters. The van der Waals surface area contributed by atoms with Gasteiger partial charge in [0.15, 0.2) is 5.82 Å². The maximum Gasteiger partial charge on any atom is 0.160 e. The molecule has 0 aliphatic rings. The second kappa shape index (κ2) is 4.55. The fourth-order valence-corrected chi connectivity index (χ4v) is 1.52. The van der Waals surface area contributed by atoms with Crippen LogP contribution in [0.25, 0.3) is 11.4 Å². The summed E-state index contributed by atoms with van der Waals surface area (Å²) < 4.78 is 12.8. The summed E-state index contributed by atoms with van der Waals surface area (Å²) in [6.07, 6.45) is 3.25. The third kappa shape index (κ3) is 2.18. The average molecular weight is 238 g/mol. The van der Waals surface area contributed by atoms with E-state index in [0.717, 1.165) is 5.56 Å². The Kier molecular flexibility index (Phi) is 3.12. The van der Waals surface area contributed by atoms with Gasteiger partial charge in [0.2, 0.25) is 0 Å². The molecule has 0 amide bonds. The Labute approximate surface area is 97.1 Å². The zero-order valence-electron chi connectivity index (χ0n) is 8.32. The molecule has 1 aromatic carbocycles. The number of hydrogen-bond acceptors (Lipinski definition) is 3. The van der Waals surface area contributed by atoms with E-state index in [4.69, 9.17) is 17.3 Å². The molecule has 2 N–H and O–H groups in total. The third-order valence-electron chi connectivity index (χ3n) is 2.11. The van der Waals surface area contributed by atoms with Crippen LogP contribution in [0.1, 0.15) is 5.56 Å². The van der Waals surface area contributed by atoms with Crippen LogP contribution in [0.5, 0.6) is 0 Å². The Morgan fingerprint density at radius 3 is 2.50 bits per heavy atom. The lowest BCUT2D eigenvalue weighted by atomic mass is 10.2. The Bertz CT molecular complexity index is 499. The van der Waals surface area contributed by atoms with Crippen LogP contribution >= 0.6 is 11.6 Å². The SMILES string of the molecule is NCc1cnc(-c2ccc(F)cc2Cl)nc1. The van der Waals surface area contributed by atoms with Crippen LogP contribution in [-0.2, 0) is 6.54 Å². The lowest BCUT2D eigenvalue weighted by molar-refractivity contribution is 0.628. The van der Waals surface area contributed by atoms with Gasteiger partial charge in [0.25, 0.3) is 0 Å². The largest absolute Gasteiger partial charge is 0.326 e. The van der Waals surface area contributed by atoms with Gasteiger partial charge in [0.1, 0.15) is 5.82 Å². The fourth-order valence-electron chi connectivity index (χ4n) is 1.27. The Balaban J connectivity index is 2.42. The van der Waals surface area contributed by atoms with E-state index in [1.54, 1.807) is 18.5 Å². The third-order valence-corrected chi connectivity index (χ3v) is 2.43. The Morgan fingerprint density at radius 2 is 1.94 bits per heavy atom. The summed E-state index contributed by atoms with van der Waals surface area (Å²) in [5.41, 5.74) is 6.87. The molecule has 0 unspecified atom stereocenters. The van der Waals surface area contributed by atoms with Gasteiger partial charge in [-0.1, -0.05) is 11.6 Å². The molecule has 82 valence electrons. The highest BCUT2D eigenvalue weighted by Crippen LogP contribution is 2.25. The van der Waals surface area contributed by atoms with E-state index < -0.39 is 0 Å². The van der Waals surface area contributed by atoms with E-state index in [-0.39, 0.29) is 5.82 Å². The minimum absolute atomic E-state index is 0.292. The van der Waals surface area contributed by atoms with Crippen molar-refractivity contribution in [3.63, 3.8) is 0 Å². The van der Waals surface area contributed by atoms with Crippen molar-refractivity contribution < 1.29 is 4.39 Å². The first-order chi connectivity index (χ1) is 7.70. The molecular formula is C11H9ClFN3. The second-order valence-corrected chi connectivity index (χ2v) is 3.65. The molecule has 0 saturated carbocycles. The molecule has 1 heterocycles. The Hall–Kier alpha value is -1.52. The average Bonchev–Trinajstić information content (AvgIpc) is 2.29. The first-order valence-electron chi connectivity index (χ1n) is 4.67. The van der Waals surface area contributed by atoms with Crippen molar-refractivity contribution in [1.29, 1.82) is 0 Å². The van der Waals surface area contributed by atoms with Crippen LogP contribution in [0.2, 0.25) is 5.02 Å². The zero-order valence-corrected chi connectivity index (χ0v) is 9.08. The van der Waals surface area contributed by atoms with Crippen LogP contribution < -0.4 is 5.73 Å². The van der Waals surface area contributed by atoms with Crippen molar-refractivity contribution in [3.05, 3.63) is 47.0 Å². The summed E-state index contributed by atoms with van der Waals surface area (Å²) in [7, 11) is 0. The second-order valence-electron chi connectivity index (χ2n) is 3.24. The van der Waals surface area contributed by atoms with Crippen LogP contribution in [0.4, 0.5) is 4.39 Å². The van der Waals surface area contributed by atoms with Gasteiger partial charge in [-0.2, -0.15) is 0 Å². The summed E-state index contributed by atoms with van der Waals surface area (Å²) in [6, 6.07) is 4.10. The number of halogens is 2. The number of nitrogens with zero attached hydrogens (tertiary/aromatic N) is 2. The van der Waals surface area contributed by atoms with Crippen molar-refractivity contribution in [2.24, 2.45) is 5.73 Å². The molecular weight excluding hydrogens is 229 g/mol. The molecule has 1 aromatic heterocycles. The molecule has 0 saturated heterocycles. The summed E-state index contributed by atoms with van der Waals surface area (Å²) in [5.74, 6) is 0.0783. The van der Waals surface area contributed by atoms with Crippen LogP contribution in [-0.4, -0.2) is 9.97 Å². The molecule has 0 radical (unpaired) electrons. The van der Waals surface area contributed by atoms with Gasteiger partial charge in [-0.3, -0.25) is 0 Å². The first-order valence-corrected chi connectivity index (χ1v) is 5.05. The summed E-state index contributed by atoms with van der Waals surface area (Å²) in [4.78, 5) is 8.22. The van der Waals surface area contributed by atoms with Crippen molar-refractivity contribution in [2.75, 3.05) is 0 Å². The van der Waals surface area contributed by atoms with E-state index in [1.807, 2.05) is 0 Å². The van der Waals surface area contributed by atoms with Gasteiger partial charge in [0.05, 0.1) is 5.02 Å². The van der Waals surface area contributed by atoms with Crippen molar-refractivity contribution >= 4 is 11.6 Å². The van der Waals surface area contributed by atoms with Crippen LogP contribution in [0.3, 0.4) is 0 Å². The number of hydrogen-bond donors (Lipinski definition) is 1. The molecule has 2 aromatic rings. The van der Waals surface area contributed by atoms with Gasteiger partial charge >= 0.3 is 0 Å². The fraction of sp³-hybridized carbons (Fsp3) is 0.0909. The van der Waals surface area contributed by atoms with Gasteiger partial charge < -0.3 is 5.73 Å². The molecule has 5 heteroatoms. The van der Waals surface area contributed by atoms with Gasteiger partial charge in [0, 0.05) is 30.1 Å². The smallest absolute Gasteiger partial charge is 0.160 e. The number of nitrogens with two attached hydrogens (primary N) is 1. The highest BCUT2D eigenvalue weighted by molar-refractivity contribution is 6.33. The lowest BCUT2D eigenvalue weighted by Crippen LogP contribution is -1.99. The minimum atomic E-state index is -0.382. The highest BCUT2D eigenvalue weighted by Gasteiger charge is 2.07. The van der Waals surface area contributed by atoms with Crippen molar-refractivity contribution in [3.8, 4) is 11.4 Å². The minimum Gasteiger partial charge on any atom is -0.326 e. The van der Waals surface area contributed by atoms with E-state index in [0.29, 0.717) is 23.0 Å². The Morgan fingerprint density at radius 1 is 1.25 bits per heavy atom. The van der Waals surface area contributed by atoms with Crippen molar-refractivity contribution in [1.82, 2.24) is 9.97 Å². The normalized spacial score (nSPS) is 10.4. The number of aromatic nitrogens is 2. The van der Waals surface area contributed by atoms with Crippen LogP contribution in [0.15, 0.2) is 30.6 Å². The number of rotatable bonds is 2. The van der Waals surface area contributed by atoms with Gasteiger partial charge in [-0.05, 0) is 18.2 Å². The van der Waals surface area contributed by atoms with Crippen molar-refractivity contribution in [2.45, 2.75) is 6.54 Å². The van der Waals surface area contributed by atoms with E-state index in [1.165, 1.54) is 12.1 Å². The molecule has 3 nitrogen and oxygen atoms in total. The van der Waals surface area contributed by atoms with Crippen LogP contribution in [0, 0.1) is 5.82 Å². The molecule has 0 fully saturated rings. The standard InChI is InChI=1S/C11H9ClFN3/c12-10-3-8(13)1-2-9(10)11-15-5-7(4-14)6-16-11/h1-3,5-6H,4,14H2. The monoisotopic (exact) mass is 237 g/mol. The summed E-state index contributed by atoms with van der Waals surface area (Å²) >= 11 is 5.89. The van der Waals surface area contributed by atoms with Gasteiger partial charge in [-0.15, -0.1) is 0 Å². The molecule has 0 spiro atoms. The molecule has 0 aliphatic carbocycles. The first kappa shape index (κ1) is 11.0. The molecule has 2 rings (SSSR count). The van der Waals surface area contributed by atoms with E-state index >= 15 is 0 Å². The molecule has 16 heavy (non-hydrogen) atoms. The predicted octanol–water partition coefficient (Wildman–Crippen LogP) is 2.39. The quantitative estimate of drug-likeness (QED) is 0.873. The maximum atomic E-state index is 12.8. The van der Waals surface area contributed by atoms with E-state index in [9.17, 15) is 4.39 Å². The lowest BCUT2D eigenvalue weighted by Gasteiger charge is -2.03. The summed E-state index contributed by atoms with van der Waals surface area (Å²) in [5, 5.41) is 0.292. The summed E-state index contributed by atoms with van der Waals surface area (Å²) in [6.45, 7) is 0.386.